The van der Waals surface area contributed by atoms with Gasteiger partial charge < -0.3 is 0 Å². The summed E-state index contributed by atoms with van der Waals surface area (Å²) in [6, 6.07) is 36.3. The second-order valence-corrected chi connectivity index (χ2v) is 7.86. The van der Waals surface area contributed by atoms with Gasteiger partial charge in [-0.05, 0) is 40.6 Å². The second-order valence-electron chi connectivity index (χ2n) is 5.92. The van der Waals surface area contributed by atoms with Crippen LogP contribution in [0.4, 0.5) is 0 Å². The highest BCUT2D eigenvalue weighted by Crippen LogP contribution is 2.27. The molecule has 0 atom stereocenters. The van der Waals surface area contributed by atoms with Crippen molar-refractivity contribution >= 4 is 29.1 Å². The van der Waals surface area contributed by atoms with Crippen molar-refractivity contribution in [3.05, 3.63) is 109 Å². The fourth-order valence-corrected chi connectivity index (χ4v) is 4.86. The molecule has 0 spiro atoms. The maximum atomic E-state index is 5.15. The molecule has 0 radical (unpaired) electrons. The maximum Gasteiger partial charge on any atom is 0.276 e. The first-order chi connectivity index (χ1) is 12.4. The van der Waals surface area contributed by atoms with Gasteiger partial charge in [-0.15, -0.1) is 0 Å². The predicted octanol–water partition coefficient (Wildman–Crippen LogP) is 5.66. The van der Waals surface area contributed by atoms with Crippen molar-refractivity contribution in [1.82, 2.24) is 0 Å². The van der Waals surface area contributed by atoms with Crippen LogP contribution in [0.2, 0.25) is 0 Å². The third-order valence-corrected chi connectivity index (χ3v) is 6.26. The molecule has 0 amide bonds. The van der Waals surface area contributed by atoms with Crippen LogP contribution in [0, 0.1) is 0 Å². The van der Waals surface area contributed by atoms with Crippen molar-refractivity contribution in [2.24, 2.45) is 4.74 Å². The largest absolute Gasteiger partial charge is 0.276 e. The van der Waals surface area contributed by atoms with Crippen LogP contribution >= 0.6 is 7.71 Å². The smallest absolute Gasteiger partial charge is 0.0940 e. The van der Waals surface area contributed by atoms with E-state index in [9.17, 15) is 0 Å². The summed E-state index contributed by atoms with van der Waals surface area (Å²) in [4.78, 5) is 0. The highest BCUT2D eigenvalue weighted by Gasteiger charge is 2.20. The van der Waals surface area contributed by atoms with Crippen molar-refractivity contribution in [2.45, 2.75) is 6.54 Å². The van der Waals surface area contributed by atoms with E-state index in [-0.39, 0.29) is 0 Å². The molecule has 120 valence electrons. The fraction of sp³-hybridized carbons (Fsp3) is 0.0435. The van der Waals surface area contributed by atoms with Crippen molar-refractivity contribution < 1.29 is 0 Å². The fourth-order valence-electron chi connectivity index (χ4n) is 3.03. The van der Waals surface area contributed by atoms with Crippen LogP contribution in [0.15, 0.2) is 108 Å². The molecule has 1 nitrogen and oxygen atoms in total. The van der Waals surface area contributed by atoms with Crippen LogP contribution in [0.3, 0.4) is 0 Å². The lowest BCUT2D eigenvalue weighted by Crippen LogP contribution is -2.06. The van der Waals surface area contributed by atoms with Crippen LogP contribution in [0.5, 0.6) is 0 Å². The van der Waals surface area contributed by atoms with Crippen molar-refractivity contribution in [3.63, 3.8) is 0 Å². The molecule has 4 aromatic rings. The summed E-state index contributed by atoms with van der Waals surface area (Å²) < 4.78 is 5.15. The number of nitrogens with zero attached hydrogens (tertiary/aromatic N) is 1. The number of fused-ring (bicyclic) bond motifs is 1. The SMILES string of the molecule is c1ccc([P+](=NCc2cccc3ccccc23)c2ccccc2)cc1. The first-order valence-electron chi connectivity index (χ1n) is 8.46. The van der Waals surface area contributed by atoms with Crippen molar-refractivity contribution in [1.29, 1.82) is 0 Å². The van der Waals surface area contributed by atoms with Crippen molar-refractivity contribution in [2.75, 3.05) is 0 Å². The highest BCUT2D eigenvalue weighted by atomic mass is 31.1. The second kappa shape index (κ2) is 7.42. The Labute approximate surface area is 149 Å². The molecule has 0 aliphatic carbocycles. The zero-order chi connectivity index (χ0) is 16.9. The molecule has 0 bridgehead atoms. The molecular formula is C23H19NP+. The summed E-state index contributed by atoms with van der Waals surface area (Å²) in [5.74, 6) is 0. The van der Waals surface area contributed by atoms with E-state index in [1.54, 1.807) is 0 Å². The van der Waals surface area contributed by atoms with Gasteiger partial charge in [-0.25, -0.2) is 0 Å². The van der Waals surface area contributed by atoms with E-state index in [1.807, 2.05) is 0 Å². The van der Waals surface area contributed by atoms with Crippen molar-refractivity contribution in [3.8, 4) is 0 Å². The molecule has 4 aromatic carbocycles. The molecular weight excluding hydrogens is 321 g/mol. The van der Waals surface area contributed by atoms with E-state index in [2.05, 4.69) is 103 Å². The molecule has 0 unspecified atom stereocenters. The zero-order valence-corrected chi connectivity index (χ0v) is 14.8. The molecule has 0 saturated carbocycles. The van der Waals surface area contributed by atoms with E-state index < -0.39 is 7.71 Å². The summed E-state index contributed by atoms with van der Waals surface area (Å²) in [6.45, 7) is 0.733. The molecule has 0 aliphatic heterocycles. The molecule has 0 N–H and O–H groups in total. The van der Waals surface area contributed by atoms with Gasteiger partial charge in [0.1, 0.15) is 6.54 Å². The summed E-state index contributed by atoms with van der Waals surface area (Å²) in [5.41, 5.74) is 1.29. The molecule has 0 fully saturated rings. The van der Waals surface area contributed by atoms with Crippen LogP contribution in [0.1, 0.15) is 5.56 Å². The van der Waals surface area contributed by atoms with Gasteiger partial charge in [0.2, 0.25) is 0 Å². The van der Waals surface area contributed by atoms with Gasteiger partial charge in [0.05, 0.1) is 0 Å². The number of rotatable bonds is 4. The highest BCUT2D eigenvalue weighted by molar-refractivity contribution is 7.63. The van der Waals surface area contributed by atoms with Crippen LogP contribution in [0.25, 0.3) is 10.8 Å². The molecule has 2 heteroatoms. The van der Waals surface area contributed by atoms with Gasteiger partial charge in [0.25, 0.3) is 7.71 Å². The lowest BCUT2D eigenvalue weighted by Gasteiger charge is -2.02. The van der Waals surface area contributed by atoms with Gasteiger partial charge in [-0.1, -0.05) is 83.6 Å². The average Bonchev–Trinajstić information content (AvgIpc) is 2.70. The van der Waals surface area contributed by atoms with Crippen LogP contribution < -0.4 is 10.6 Å². The van der Waals surface area contributed by atoms with Crippen LogP contribution in [-0.2, 0) is 6.54 Å². The first kappa shape index (κ1) is 15.7. The Bertz CT molecular complexity index is 961. The minimum atomic E-state index is -0.705. The lowest BCUT2D eigenvalue weighted by molar-refractivity contribution is 1.11. The Morgan fingerprint density at radius 2 is 1.12 bits per heavy atom. The average molecular weight is 340 g/mol. The summed E-state index contributed by atoms with van der Waals surface area (Å²) in [7, 11) is -0.705. The standard InChI is InChI=1S/C23H19NP/c1-3-13-21(14-4-1)25(22-15-5-2-6-16-22)24-18-20-12-9-11-19-10-7-8-17-23(19)20/h1-17H,18H2/q+1. The Morgan fingerprint density at radius 3 is 1.80 bits per heavy atom. The third kappa shape index (κ3) is 3.52. The first-order valence-corrected chi connectivity index (χ1v) is 9.75. The Kier molecular flexibility index (Phi) is 4.68. The number of benzene rings is 4. The molecule has 0 heterocycles. The van der Waals surface area contributed by atoms with Gasteiger partial charge in [-0.3, -0.25) is 0 Å². The van der Waals surface area contributed by atoms with Gasteiger partial charge >= 0.3 is 0 Å². The summed E-state index contributed by atoms with van der Waals surface area (Å²) in [5, 5.41) is 5.16. The molecule has 0 aliphatic rings. The van der Waals surface area contributed by atoms with Gasteiger partial charge in [0.15, 0.2) is 10.6 Å². The quantitative estimate of drug-likeness (QED) is 0.425. The minimum Gasteiger partial charge on any atom is -0.0940 e. The van der Waals surface area contributed by atoms with E-state index in [0.29, 0.717) is 0 Å². The Morgan fingerprint density at radius 1 is 0.560 bits per heavy atom. The Hall–Kier alpha value is -2.76. The predicted molar refractivity (Wildman–Crippen MR) is 109 cm³/mol. The summed E-state index contributed by atoms with van der Waals surface area (Å²) >= 11 is 0. The molecule has 4 rings (SSSR count). The van der Waals surface area contributed by atoms with Gasteiger partial charge in [-0.2, -0.15) is 0 Å². The van der Waals surface area contributed by atoms with E-state index in [1.165, 1.54) is 26.9 Å². The zero-order valence-electron chi connectivity index (χ0n) is 13.9. The Balaban J connectivity index is 1.77. The monoisotopic (exact) mass is 340 g/mol. The van der Waals surface area contributed by atoms with Gasteiger partial charge in [0, 0.05) is 0 Å². The van der Waals surface area contributed by atoms with Crippen LogP contribution in [-0.4, -0.2) is 0 Å². The third-order valence-electron chi connectivity index (χ3n) is 4.26. The topological polar surface area (TPSA) is 12.4 Å². The lowest BCUT2D eigenvalue weighted by atomic mass is 10.1. The van der Waals surface area contributed by atoms with E-state index in [4.69, 9.17) is 4.74 Å². The normalized spacial score (nSPS) is 10.6. The minimum absolute atomic E-state index is 0.705. The number of hydrogen-bond donors (Lipinski definition) is 0. The summed E-state index contributed by atoms with van der Waals surface area (Å²) in [6.07, 6.45) is 0. The molecule has 25 heavy (non-hydrogen) atoms. The number of hydrogen-bond acceptors (Lipinski definition) is 1. The van der Waals surface area contributed by atoms with E-state index >= 15 is 0 Å². The molecule has 0 saturated heterocycles. The molecule has 0 aromatic heterocycles. The van der Waals surface area contributed by atoms with E-state index in [0.717, 1.165) is 6.54 Å². The maximum absolute atomic E-state index is 5.15.